The van der Waals surface area contributed by atoms with Crippen LogP contribution in [0.3, 0.4) is 0 Å². The van der Waals surface area contributed by atoms with Crippen LogP contribution in [0.5, 0.6) is 17.2 Å². The summed E-state index contributed by atoms with van der Waals surface area (Å²) in [6.45, 7) is 1.97. The number of ketones is 2. The summed E-state index contributed by atoms with van der Waals surface area (Å²) in [7, 11) is 4.53. The first-order valence-electron chi connectivity index (χ1n) is 10.2. The molecule has 0 saturated heterocycles. The number of ether oxygens (including phenoxy) is 3. The second-order valence-corrected chi connectivity index (χ2v) is 7.25. The molecule has 0 bridgehead atoms. The van der Waals surface area contributed by atoms with E-state index >= 15 is 0 Å². The molecule has 0 aromatic heterocycles. The maximum absolute atomic E-state index is 13.6. The lowest BCUT2D eigenvalue weighted by Gasteiger charge is -2.15. The smallest absolute Gasteiger partial charge is 0.203 e. The lowest BCUT2D eigenvalue weighted by atomic mass is 9.91. The van der Waals surface area contributed by atoms with Gasteiger partial charge in [-0.1, -0.05) is 25.1 Å². The molecule has 0 aliphatic carbocycles. The van der Waals surface area contributed by atoms with Gasteiger partial charge in [0.2, 0.25) is 5.75 Å². The summed E-state index contributed by atoms with van der Waals surface area (Å²) >= 11 is 0. The van der Waals surface area contributed by atoms with Crippen LogP contribution in [0.15, 0.2) is 47.6 Å². The minimum atomic E-state index is -0.216. The van der Waals surface area contributed by atoms with Gasteiger partial charge in [0, 0.05) is 36.6 Å². The summed E-state index contributed by atoms with van der Waals surface area (Å²) < 4.78 is 16.2. The number of benzene rings is 2. The van der Waals surface area contributed by atoms with Crippen molar-refractivity contribution >= 4 is 17.3 Å². The minimum absolute atomic E-state index is 0.106. The summed E-state index contributed by atoms with van der Waals surface area (Å²) in [6, 6.07) is 8.86. The van der Waals surface area contributed by atoms with E-state index in [1.165, 1.54) is 21.3 Å². The number of allylic oxidation sites excluding steroid dienone is 1. The molecule has 1 aliphatic heterocycles. The van der Waals surface area contributed by atoms with Crippen LogP contribution < -0.4 is 14.2 Å². The van der Waals surface area contributed by atoms with Gasteiger partial charge in [0.25, 0.3) is 0 Å². The van der Waals surface area contributed by atoms with E-state index in [1.54, 1.807) is 18.3 Å². The zero-order chi connectivity index (χ0) is 22.4. The molecule has 6 heteroatoms. The third kappa shape index (κ3) is 4.85. The molecule has 0 unspecified atom stereocenters. The van der Waals surface area contributed by atoms with Crippen molar-refractivity contribution in [2.75, 3.05) is 21.3 Å². The Bertz CT molecular complexity index is 1030. The topological polar surface area (TPSA) is 74.2 Å². The number of nitrogens with zero attached hydrogens (tertiary/aromatic N) is 1. The SMILES string of the molecule is CCCC(=O)Cc1ccc(C2=NC=CC2)cc1C(=O)c1cc(OC)c(OC)c(OC)c1. The van der Waals surface area contributed by atoms with Crippen molar-refractivity contribution in [3.8, 4) is 17.2 Å². The molecular weight excluding hydrogens is 394 g/mol. The van der Waals surface area contributed by atoms with Crippen LogP contribution >= 0.6 is 0 Å². The first-order chi connectivity index (χ1) is 15.0. The highest BCUT2D eigenvalue weighted by Gasteiger charge is 2.22. The van der Waals surface area contributed by atoms with E-state index in [2.05, 4.69) is 4.99 Å². The van der Waals surface area contributed by atoms with Crippen molar-refractivity contribution in [1.82, 2.24) is 0 Å². The van der Waals surface area contributed by atoms with E-state index in [4.69, 9.17) is 14.2 Å². The predicted octanol–water partition coefficient (Wildman–Crippen LogP) is 4.56. The maximum atomic E-state index is 13.6. The van der Waals surface area contributed by atoms with Gasteiger partial charge in [-0.2, -0.15) is 0 Å². The summed E-state index contributed by atoms with van der Waals surface area (Å²) in [6.07, 6.45) is 5.91. The fraction of sp³-hybridized carbons (Fsp3) is 0.320. The summed E-state index contributed by atoms with van der Waals surface area (Å²) in [5.41, 5.74) is 3.33. The average Bonchev–Trinajstić information content (AvgIpc) is 3.33. The van der Waals surface area contributed by atoms with Crippen molar-refractivity contribution in [3.63, 3.8) is 0 Å². The Labute approximate surface area is 182 Å². The number of hydrogen-bond acceptors (Lipinski definition) is 6. The van der Waals surface area contributed by atoms with Crippen molar-refractivity contribution < 1.29 is 23.8 Å². The number of carbonyl (C=O) groups excluding carboxylic acids is 2. The van der Waals surface area contributed by atoms with Crippen molar-refractivity contribution in [2.24, 2.45) is 4.99 Å². The number of carbonyl (C=O) groups is 2. The molecule has 2 aromatic rings. The van der Waals surface area contributed by atoms with E-state index < -0.39 is 0 Å². The molecule has 0 N–H and O–H groups in total. The van der Waals surface area contributed by atoms with Gasteiger partial charge in [-0.25, -0.2) is 0 Å². The minimum Gasteiger partial charge on any atom is -0.493 e. The van der Waals surface area contributed by atoms with Gasteiger partial charge in [-0.3, -0.25) is 14.6 Å². The first-order valence-corrected chi connectivity index (χ1v) is 10.2. The highest BCUT2D eigenvalue weighted by Crippen LogP contribution is 2.39. The highest BCUT2D eigenvalue weighted by molar-refractivity contribution is 6.13. The van der Waals surface area contributed by atoms with E-state index in [-0.39, 0.29) is 18.0 Å². The van der Waals surface area contributed by atoms with Gasteiger partial charge < -0.3 is 14.2 Å². The van der Waals surface area contributed by atoms with Crippen LogP contribution in [-0.2, 0) is 11.2 Å². The second kappa shape index (κ2) is 10.1. The van der Waals surface area contributed by atoms with Gasteiger partial charge in [0.1, 0.15) is 5.78 Å². The Balaban J connectivity index is 2.09. The number of rotatable bonds is 10. The Hall–Kier alpha value is -3.41. The molecule has 0 radical (unpaired) electrons. The molecule has 1 aliphatic rings. The number of aliphatic imine (C=N–C) groups is 1. The van der Waals surface area contributed by atoms with Crippen molar-refractivity contribution in [3.05, 3.63) is 64.9 Å². The highest BCUT2D eigenvalue weighted by atomic mass is 16.5. The fourth-order valence-corrected chi connectivity index (χ4v) is 3.62. The van der Waals surface area contributed by atoms with Crippen molar-refractivity contribution in [1.29, 1.82) is 0 Å². The zero-order valence-corrected chi connectivity index (χ0v) is 18.4. The monoisotopic (exact) mass is 421 g/mol. The van der Waals surface area contributed by atoms with Crippen LogP contribution in [0.4, 0.5) is 0 Å². The lowest BCUT2D eigenvalue weighted by molar-refractivity contribution is -0.118. The Morgan fingerprint density at radius 3 is 2.26 bits per heavy atom. The molecule has 0 atom stereocenters. The zero-order valence-electron chi connectivity index (χ0n) is 18.4. The average molecular weight is 421 g/mol. The van der Waals surface area contributed by atoms with Crippen LogP contribution in [0.1, 0.15) is 53.2 Å². The molecule has 3 rings (SSSR count). The van der Waals surface area contributed by atoms with Gasteiger partial charge >= 0.3 is 0 Å². The fourth-order valence-electron chi connectivity index (χ4n) is 3.62. The summed E-state index contributed by atoms with van der Waals surface area (Å²) in [5, 5.41) is 0. The van der Waals surface area contributed by atoms with Crippen LogP contribution in [-0.4, -0.2) is 38.6 Å². The van der Waals surface area contributed by atoms with E-state index in [0.29, 0.717) is 46.8 Å². The normalized spacial score (nSPS) is 12.5. The Morgan fingerprint density at radius 2 is 1.71 bits per heavy atom. The predicted molar refractivity (Wildman–Crippen MR) is 120 cm³/mol. The Kier molecular flexibility index (Phi) is 7.23. The molecule has 0 fully saturated rings. The molecule has 6 nitrogen and oxygen atoms in total. The summed E-state index contributed by atoms with van der Waals surface area (Å²) in [5.74, 6) is 1.10. The quantitative estimate of drug-likeness (QED) is 0.526. The van der Waals surface area contributed by atoms with E-state index in [0.717, 1.165) is 17.7 Å². The standard InChI is InChI=1S/C25H27NO5/c1-5-7-19(27)12-16-9-10-17(21-8-6-11-26-21)13-20(16)24(28)18-14-22(29-2)25(31-4)23(15-18)30-3/h6,9-11,13-15H,5,7-8,12H2,1-4H3. The molecule has 31 heavy (non-hydrogen) atoms. The second-order valence-electron chi connectivity index (χ2n) is 7.25. The Morgan fingerprint density at radius 1 is 1.00 bits per heavy atom. The van der Waals surface area contributed by atoms with Crippen LogP contribution in [0.25, 0.3) is 0 Å². The number of methoxy groups -OCH3 is 3. The molecule has 162 valence electrons. The lowest BCUT2D eigenvalue weighted by Crippen LogP contribution is -2.12. The third-order valence-electron chi connectivity index (χ3n) is 5.18. The summed E-state index contributed by atoms with van der Waals surface area (Å²) in [4.78, 5) is 30.3. The first kappa shape index (κ1) is 22.3. The molecule has 0 spiro atoms. The van der Waals surface area contributed by atoms with Gasteiger partial charge in [0.05, 0.1) is 27.0 Å². The van der Waals surface area contributed by atoms with Gasteiger partial charge in [-0.05, 0) is 35.7 Å². The van der Waals surface area contributed by atoms with Crippen molar-refractivity contribution in [2.45, 2.75) is 32.6 Å². The third-order valence-corrected chi connectivity index (χ3v) is 5.18. The van der Waals surface area contributed by atoms with Crippen LogP contribution in [0, 0.1) is 0 Å². The molecular formula is C25H27NO5. The van der Waals surface area contributed by atoms with E-state index in [9.17, 15) is 9.59 Å². The number of Topliss-reactive ketones (excluding diaryl/α,β-unsaturated/α-hetero) is 1. The molecule has 0 amide bonds. The molecule has 1 heterocycles. The molecule has 0 saturated carbocycles. The van der Waals surface area contributed by atoms with Gasteiger partial charge in [0.15, 0.2) is 17.3 Å². The van der Waals surface area contributed by atoms with Crippen LogP contribution in [0.2, 0.25) is 0 Å². The number of hydrogen-bond donors (Lipinski definition) is 0. The largest absolute Gasteiger partial charge is 0.493 e. The molecule has 2 aromatic carbocycles. The van der Waals surface area contributed by atoms with E-state index in [1.807, 2.05) is 31.2 Å². The maximum Gasteiger partial charge on any atom is 0.203 e. The van der Waals surface area contributed by atoms with Gasteiger partial charge in [-0.15, -0.1) is 0 Å².